The Morgan fingerprint density at radius 3 is 2.38 bits per heavy atom. The van der Waals surface area contributed by atoms with Crippen molar-refractivity contribution in [2.45, 2.75) is 45.4 Å². The minimum Gasteiger partial charge on any atom is -0.497 e. The van der Waals surface area contributed by atoms with Gasteiger partial charge in [-0.1, -0.05) is 38.3 Å². The van der Waals surface area contributed by atoms with Crippen LogP contribution >= 0.6 is 0 Å². The average Bonchev–Trinajstić information content (AvgIpc) is 2.61. The summed E-state index contributed by atoms with van der Waals surface area (Å²) >= 11 is 0. The Labute approximate surface area is 143 Å². The maximum absolute atomic E-state index is 12.3. The van der Waals surface area contributed by atoms with Crippen LogP contribution in [0.3, 0.4) is 0 Å². The Kier molecular flexibility index (Phi) is 6.23. The molecule has 1 fully saturated rings. The lowest BCUT2D eigenvalue weighted by atomic mass is 9.74. The quantitative estimate of drug-likeness (QED) is 0.804. The van der Waals surface area contributed by atoms with Crippen molar-refractivity contribution >= 4 is 11.9 Å². The van der Waals surface area contributed by atoms with Gasteiger partial charge >= 0.3 is 5.97 Å². The Morgan fingerprint density at radius 2 is 1.83 bits per heavy atom. The topological polar surface area (TPSA) is 75.6 Å². The predicted molar refractivity (Wildman–Crippen MR) is 92.0 cm³/mol. The van der Waals surface area contributed by atoms with Crippen molar-refractivity contribution in [2.75, 3.05) is 13.7 Å². The molecule has 0 spiro atoms. The summed E-state index contributed by atoms with van der Waals surface area (Å²) in [5.74, 6) is -0.285. The molecule has 132 valence electrons. The highest BCUT2D eigenvalue weighted by Crippen LogP contribution is 2.36. The van der Waals surface area contributed by atoms with E-state index in [2.05, 4.69) is 5.32 Å². The number of aliphatic carboxylic acids is 1. The average molecular weight is 333 g/mol. The summed E-state index contributed by atoms with van der Waals surface area (Å²) in [5, 5.41) is 12.4. The van der Waals surface area contributed by atoms with Crippen molar-refractivity contribution in [3.05, 3.63) is 29.8 Å². The highest BCUT2D eigenvalue weighted by molar-refractivity contribution is 5.80. The van der Waals surface area contributed by atoms with Crippen LogP contribution in [0.5, 0.6) is 5.75 Å². The lowest BCUT2D eigenvalue weighted by Crippen LogP contribution is -2.45. The van der Waals surface area contributed by atoms with Crippen molar-refractivity contribution in [3.8, 4) is 5.75 Å². The van der Waals surface area contributed by atoms with Crippen LogP contribution in [0.15, 0.2) is 24.3 Å². The minimum absolute atomic E-state index is 0.0861. The number of carbonyl (C=O) groups excluding carboxylic acids is 1. The maximum Gasteiger partial charge on any atom is 0.311 e. The molecule has 2 N–H and O–H groups in total. The van der Waals surface area contributed by atoms with Gasteiger partial charge in [0, 0.05) is 12.5 Å². The van der Waals surface area contributed by atoms with E-state index < -0.39 is 11.4 Å². The summed E-state index contributed by atoms with van der Waals surface area (Å²) in [5.41, 5.74) is 0.275. The summed E-state index contributed by atoms with van der Waals surface area (Å²) < 4.78 is 5.13. The van der Waals surface area contributed by atoms with E-state index in [1.54, 1.807) is 7.11 Å². The molecule has 1 atom stereocenters. The van der Waals surface area contributed by atoms with Gasteiger partial charge in [-0.15, -0.1) is 0 Å². The van der Waals surface area contributed by atoms with Crippen LogP contribution < -0.4 is 10.1 Å². The molecule has 0 radical (unpaired) electrons. The molecule has 1 amide bonds. The molecule has 0 saturated heterocycles. The summed E-state index contributed by atoms with van der Waals surface area (Å²) in [7, 11) is 1.62. The molecule has 0 bridgehead atoms. The van der Waals surface area contributed by atoms with E-state index in [9.17, 15) is 14.7 Å². The molecular formula is C19H27NO4. The third kappa shape index (κ3) is 4.49. The van der Waals surface area contributed by atoms with Gasteiger partial charge in [-0.2, -0.15) is 0 Å². The Morgan fingerprint density at radius 1 is 1.21 bits per heavy atom. The van der Waals surface area contributed by atoms with E-state index in [-0.39, 0.29) is 18.4 Å². The molecule has 5 heteroatoms. The van der Waals surface area contributed by atoms with Gasteiger partial charge in [-0.25, -0.2) is 0 Å². The number of ether oxygens (including phenoxy) is 1. The number of carboxylic acids is 1. The van der Waals surface area contributed by atoms with Crippen LogP contribution in [-0.4, -0.2) is 30.6 Å². The Hall–Kier alpha value is -2.04. The number of amides is 1. The molecule has 1 saturated carbocycles. The van der Waals surface area contributed by atoms with Gasteiger partial charge in [0.2, 0.25) is 5.91 Å². The monoisotopic (exact) mass is 333 g/mol. The first-order valence-corrected chi connectivity index (χ1v) is 8.61. The number of nitrogens with one attached hydrogen (secondary N) is 1. The van der Waals surface area contributed by atoms with E-state index in [0.29, 0.717) is 19.3 Å². The lowest BCUT2D eigenvalue weighted by molar-refractivity contribution is -0.151. The molecule has 1 unspecified atom stereocenters. The summed E-state index contributed by atoms with van der Waals surface area (Å²) in [6.45, 7) is 2.10. The van der Waals surface area contributed by atoms with E-state index in [0.717, 1.165) is 30.6 Å². The number of methoxy groups -OCH3 is 1. The second-order valence-electron chi connectivity index (χ2n) is 6.82. The van der Waals surface area contributed by atoms with Gasteiger partial charge < -0.3 is 15.2 Å². The normalized spacial score (nSPS) is 17.8. The zero-order valence-corrected chi connectivity index (χ0v) is 14.5. The molecule has 1 aromatic carbocycles. The summed E-state index contributed by atoms with van der Waals surface area (Å²) in [6, 6.07) is 7.65. The van der Waals surface area contributed by atoms with Crippen LogP contribution in [-0.2, 0) is 16.0 Å². The van der Waals surface area contributed by atoms with Crippen LogP contribution in [0.2, 0.25) is 0 Å². The highest BCUT2D eigenvalue weighted by Gasteiger charge is 2.39. The standard InChI is InChI=1S/C19H27NO4/c1-14(12-15-6-8-16(24-2)9-7-15)17(21)20-13-19(18(22)23)10-4-3-5-11-19/h6-9,14H,3-5,10-13H2,1-2H3,(H,20,21)(H,22,23). The van der Waals surface area contributed by atoms with Gasteiger partial charge in [0.25, 0.3) is 0 Å². The number of hydrogen-bond acceptors (Lipinski definition) is 3. The number of benzene rings is 1. The molecule has 0 aromatic heterocycles. The fourth-order valence-electron chi connectivity index (χ4n) is 3.33. The van der Waals surface area contributed by atoms with Crippen molar-refractivity contribution in [1.29, 1.82) is 0 Å². The SMILES string of the molecule is COc1ccc(CC(C)C(=O)NCC2(C(=O)O)CCCCC2)cc1. The van der Waals surface area contributed by atoms with Crippen molar-refractivity contribution in [2.24, 2.45) is 11.3 Å². The van der Waals surface area contributed by atoms with Gasteiger partial charge in [-0.05, 0) is 37.0 Å². The van der Waals surface area contributed by atoms with Crippen molar-refractivity contribution < 1.29 is 19.4 Å². The second-order valence-corrected chi connectivity index (χ2v) is 6.82. The van der Waals surface area contributed by atoms with Crippen molar-refractivity contribution in [3.63, 3.8) is 0 Å². The zero-order chi connectivity index (χ0) is 17.6. The smallest absolute Gasteiger partial charge is 0.311 e. The molecule has 0 aliphatic heterocycles. The molecule has 24 heavy (non-hydrogen) atoms. The molecular weight excluding hydrogens is 306 g/mol. The summed E-state index contributed by atoms with van der Waals surface area (Å²) in [6.07, 6.45) is 4.84. The number of hydrogen-bond donors (Lipinski definition) is 2. The molecule has 1 aliphatic carbocycles. The Balaban J connectivity index is 1.89. The number of carbonyl (C=O) groups is 2. The van der Waals surface area contributed by atoms with Crippen molar-refractivity contribution in [1.82, 2.24) is 5.32 Å². The first-order valence-electron chi connectivity index (χ1n) is 8.61. The lowest BCUT2D eigenvalue weighted by Gasteiger charge is -2.33. The van der Waals surface area contributed by atoms with Gasteiger partial charge in [0.05, 0.1) is 12.5 Å². The van der Waals surface area contributed by atoms with Crippen LogP contribution in [0.25, 0.3) is 0 Å². The van der Waals surface area contributed by atoms with Crippen LogP contribution in [0.4, 0.5) is 0 Å². The fourth-order valence-corrected chi connectivity index (χ4v) is 3.33. The molecule has 0 heterocycles. The fraction of sp³-hybridized carbons (Fsp3) is 0.579. The molecule has 1 aliphatic rings. The highest BCUT2D eigenvalue weighted by atomic mass is 16.5. The van der Waals surface area contributed by atoms with Crippen LogP contribution in [0.1, 0.15) is 44.6 Å². The predicted octanol–water partition coefficient (Wildman–Crippen LogP) is 3.03. The third-order valence-corrected chi connectivity index (χ3v) is 5.01. The van der Waals surface area contributed by atoms with Gasteiger partial charge in [0.15, 0.2) is 0 Å². The summed E-state index contributed by atoms with van der Waals surface area (Å²) in [4.78, 5) is 24.0. The minimum atomic E-state index is -0.787. The number of rotatable bonds is 7. The largest absolute Gasteiger partial charge is 0.497 e. The van der Waals surface area contributed by atoms with E-state index >= 15 is 0 Å². The third-order valence-electron chi connectivity index (χ3n) is 5.01. The first kappa shape index (κ1) is 18.3. The molecule has 2 rings (SSSR count). The van der Waals surface area contributed by atoms with Gasteiger partial charge in [-0.3, -0.25) is 9.59 Å². The second kappa shape index (κ2) is 8.18. The first-order chi connectivity index (χ1) is 11.5. The number of carboxylic acid groups (broad SMARTS) is 1. The molecule has 5 nitrogen and oxygen atoms in total. The van der Waals surface area contributed by atoms with E-state index in [4.69, 9.17) is 4.74 Å². The van der Waals surface area contributed by atoms with E-state index in [1.165, 1.54) is 0 Å². The molecule has 1 aromatic rings. The van der Waals surface area contributed by atoms with Crippen LogP contribution in [0, 0.1) is 11.3 Å². The Bertz CT molecular complexity index is 561. The zero-order valence-electron chi connectivity index (χ0n) is 14.5. The van der Waals surface area contributed by atoms with E-state index in [1.807, 2.05) is 31.2 Å². The maximum atomic E-state index is 12.3. The van der Waals surface area contributed by atoms with Gasteiger partial charge in [0.1, 0.15) is 5.75 Å².